The van der Waals surface area contributed by atoms with Crippen LogP contribution in [-0.4, -0.2) is 43.2 Å². The smallest absolute Gasteiger partial charge is 0.224 e. The highest BCUT2D eigenvalue weighted by Crippen LogP contribution is 2.32. The van der Waals surface area contributed by atoms with Gasteiger partial charge in [0.2, 0.25) is 5.91 Å². The SMILES string of the molecule is CC(C)CC(C)OCCC(=O)N1C[C@@H](CN)[C@H](c2ccccc2)C1.Cl. The van der Waals surface area contributed by atoms with E-state index >= 15 is 0 Å². The first-order valence-electron chi connectivity index (χ1n) is 9.15. The quantitative estimate of drug-likeness (QED) is 0.764. The number of hydrogen-bond donors (Lipinski definition) is 1. The van der Waals surface area contributed by atoms with Crippen molar-refractivity contribution < 1.29 is 9.53 Å². The third kappa shape index (κ3) is 6.61. The molecule has 142 valence electrons. The third-order valence-corrected chi connectivity index (χ3v) is 4.85. The van der Waals surface area contributed by atoms with Crippen molar-refractivity contribution in [3.8, 4) is 0 Å². The van der Waals surface area contributed by atoms with Crippen LogP contribution in [0.15, 0.2) is 30.3 Å². The first-order chi connectivity index (χ1) is 11.5. The molecule has 5 heteroatoms. The number of benzene rings is 1. The summed E-state index contributed by atoms with van der Waals surface area (Å²) in [4.78, 5) is 14.5. The topological polar surface area (TPSA) is 55.6 Å². The van der Waals surface area contributed by atoms with E-state index in [0.717, 1.165) is 19.5 Å². The summed E-state index contributed by atoms with van der Waals surface area (Å²) in [6.07, 6.45) is 1.70. The van der Waals surface area contributed by atoms with Crippen LogP contribution in [0.3, 0.4) is 0 Å². The molecule has 2 N–H and O–H groups in total. The molecule has 0 radical (unpaired) electrons. The monoisotopic (exact) mass is 368 g/mol. The molecule has 1 unspecified atom stereocenters. The zero-order chi connectivity index (χ0) is 17.5. The summed E-state index contributed by atoms with van der Waals surface area (Å²) in [5, 5.41) is 0. The first-order valence-corrected chi connectivity index (χ1v) is 9.15. The van der Waals surface area contributed by atoms with E-state index in [-0.39, 0.29) is 24.4 Å². The second-order valence-corrected chi connectivity index (χ2v) is 7.37. The average molecular weight is 369 g/mol. The normalized spacial score (nSPS) is 21.2. The molecular weight excluding hydrogens is 336 g/mol. The Morgan fingerprint density at radius 1 is 1.24 bits per heavy atom. The summed E-state index contributed by atoms with van der Waals surface area (Å²) in [5.74, 6) is 1.49. The summed E-state index contributed by atoms with van der Waals surface area (Å²) in [5.41, 5.74) is 7.23. The van der Waals surface area contributed by atoms with Crippen LogP contribution in [0.25, 0.3) is 0 Å². The van der Waals surface area contributed by atoms with Gasteiger partial charge in [0, 0.05) is 19.0 Å². The van der Waals surface area contributed by atoms with Gasteiger partial charge in [0.25, 0.3) is 0 Å². The van der Waals surface area contributed by atoms with Crippen molar-refractivity contribution in [2.75, 3.05) is 26.2 Å². The molecule has 0 saturated carbocycles. The standard InChI is InChI=1S/C20H32N2O2.ClH/c1-15(2)11-16(3)24-10-9-20(23)22-13-18(12-21)19(14-22)17-7-5-4-6-8-17;/h4-8,15-16,18-19H,9-14,21H2,1-3H3;1H/t16?,18-,19+;/m1./s1. The Morgan fingerprint density at radius 3 is 2.52 bits per heavy atom. The Labute approximate surface area is 158 Å². The Bertz CT molecular complexity index is 510. The van der Waals surface area contributed by atoms with Crippen LogP contribution >= 0.6 is 12.4 Å². The molecule has 1 heterocycles. The number of nitrogens with two attached hydrogens (primary N) is 1. The summed E-state index contributed by atoms with van der Waals surface area (Å²) in [6, 6.07) is 10.4. The van der Waals surface area contributed by atoms with Gasteiger partial charge in [-0.2, -0.15) is 0 Å². The summed E-state index contributed by atoms with van der Waals surface area (Å²) < 4.78 is 5.78. The number of nitrogens with zero attached hydrogens (tertiary/aromatic N) is 1. The zero-order valence-corrected chi connectivity index (χ0v) is 16.5. The van der Waals surface area contributed by atoms with Gasteiger partial charge in [-0.25, -0.2) is 0 Å². The van der Waals surface area contributed by atoms with E-state index < -0.39 is 0 Å². The number of rotatable bonds is 8. The maximum atomic E-state index is 12.5. The number of ether oxygens (including phenoxy) is 1. The molecule has 1 aromatic rings. The van der Waals surface area contributed by atoms with Gasteiger partial charge in [-0.05, 0) is 37.3 Å². The minimum atomic E-state index is 0. The van der Waals surface area contributed by atoms with Gasteiger partial charge in [-0.1, -0.05) is 44.2 Å². The first kappa shape index (κ1) is 21.9. The third-order valence-electron chi connectivity index (χ3n) is 4.85. The van der Waals surface area contributed by atoms with E-state index in [1.807, 2.05) is 11.0 Å². The van der Waals surface area contributed by atoms with Crippen LogP contribution in [0, 0.1) is 11.8 Å². The van der Waals surface area contributed by atoms with Gasteiger partial charge in [-0.15, -0.1) is 12.4 Å². The molecule has 0 aliphatic carbocycles. The molecule has 4 nitrogen and oxygen atoms in total. The maximum absolute atomic E-state index is 12.5. The van der Waals surface area contributed by atoms with E-state index in [1.165, 1.54) is 5.56 Å². The number of halogens is 1. The Balaban J connectivity index is 0.00000312. The number of likely N-dealkylation sites (tertiary alicyclic amines) is 1. The van der Waals surface area contributed by atoms with Gasteiger partial charge in [0.15, 0.2) is 0 Å². The predicted octanol–water partition coefficient (Wildman–Crippen LogP) is 3.45. The molecule has 0 bridgehead atoms. The van der Waals surface area contributed by atoms with Gasteiger partial charge in [0.1, 0.15) is 0 Å². The molecule has 1 aromatic carbocycles. The van der Waals surface area contributed by atoms with Crippen LogP contribution in [0.5, 0.6) is 0 Å². The van der Waals surface area contributed by atoms with Crippen LogP contribution in [0.1, 0.15) is 45.1 Å². The minimum absolute atomic E-state index is 0. The van der Waals surface area contributed by atoms with E-state index in [1.54, 1.807) is 0 Å². The molecule has 1 saturated heterocycles. The summed E-state index contributed by atoms with van der Waals surface area (Å²) in [7, 11) is 0. The van der Waals surface area contributed by atoms with Crippen molar-refractivity contribution in [3.63, 3.8) is 0 Å². The van der Waals surface area contributed by atoms with Gasteiger partial charge >= 0.3 is 0 Å². The van der Waals surface area contributed by atoms with Gasteiger partial charge in [0.05, 0.1) is 19.1 Å². The highest BCUT2D eigenvalue weighted by molar-refractivity contribution is 5.85. The second-order valence-electron chi connectivity index (χ2n) is 7.37. The fraction of sp³-hybridized carbons (Fsp3) is 0.650. The fourth-order valence-corrected chi connectivity index (χ4v) is 3.63. The van der Waals surface area contributed by atoms with Crippen molar-refractivity contribution >= 4 is 18.3 Å². The van der Waals surface area contributed by atoms with Gasteiger partial charge in [-0.3, -0.25) is 4.79 Å². The fourth-order valence-electron chi connectivity index (χ4n) is 3.63. The van der Waals surface area contributed by atoms with Crippen molar-refractivity contribution in [1.29, 1.82) is 0 Å². The Hall–Kier alpha value is -1.10. The number of carbonyl (C=O) groups excluding carboxylic acids is 1. The van der Waals surface area contributed by atoms with Crippen LogP contribution in [0.2, 0.25) is 0 Å². The van der Waals surface area contributed by atoms with E-state index in [2.05, 4.69) is 45.0 Å². The predicted molar refractivity (Wildman–Crippen MR) is 105 cm³/mol. The van der Waals surface area contributed by atoms with Crippen LogP contribution in [-0.2, 0) is 9.53 Å². The molecule has 1 aliphatic rings. The molecule has 25 heavy (non-hydrogen) atoms. The highest BCUT2D eigenvalue weighted by atomic mass is 35.5. The van der Waals surface area contributed by atoms with Crippen molar-refractivity contribution in [2.24, 2.45) is 17.6 Å². The molecule has 1 aliphatic heterocycles. The zero-order valence-electron chi connectivity index (χ0n) is 15.7. The molecule has 3 atom stereocenters. The molecule has 1 amide bonds. The number of carbonyl (C=O) groups is 1. The molecule has 2 rings (SSSR count). The molecule has 0 aromatic heterocycles. The van der Waals surface area contributed by atoms with Crippen molar-refractivity contribution in [3.05, 3.63) is 35.9 Å². The number of hydrogen-bond acceptors (Lipinski definition) is 3. The summed E-state index contributed by atoms with van der Waals surface area (Å²) >= 11 is 0. The average Bonchev–Trinajstić information content (AvgIpc) is 2.99. The number of amides is 1. The molecular formula is C20H33ClN2O2. The molecule has 1 fully saturated rings. The lowest BCUT2D eigenvalue weighted by molar-refractivity contribution is -0.131. The Kier molecular flexibility index (Phi) is 9.47. The van der Waals surface area contributed by atoms with Gasteiger partial charge < -0.3 is 15.4 Å². The second kappa shape index (κ2) is 10.8. The lowest BCUT2D eigenvalue weighted by Gasteiger charge is -2.18. The van der Waals surface area contributed by atoms with Crippen molar-refractivity contribution in [2.45, 2.75) is 45.6 Å². The van der Waals surface area contributed by atoms with Crippen LogP contribution in [0.4, 0.5) is 0 Å². The van der Waals surface area contributed by atoms with Crippen molar-refractivity contribution in [1.82, 2.24) is 4.90 Å². The maximum Gasteiger partial charge on any atom is 0.224 e. The Morgan fingerprint density at radius 2 is 1.92 bits per heavy atom. The lowest BCUT2D eigenvalue weighted by atomic mass is 9.89. The van der Waals surface area contributed by atoms with E-state index in [9.17, 15) is 4.79 Å². The lowest BCUT2D eigenvalue weighted by Crippen LogP contribution is -2.31. The summed E-state index contributed by atoms with van der Waals surface area (Å²) in [6.45, 7) is 9.11. The van der Waals surface area contributed by atoms with Crippen LogP contribution < -0.4 is 5.73 Å². The highest BCUT2D eigenvalue weighted by Gasteiger charge is 2.34. The van der Waals surface area contributed by atoms with E-state index in [0.29, 0.717) is 37.3 Å². The molecule has 0 spiro atoms. The minimum Gasteiger partial charge on any atom is -0.378 e. The van der Waals surface area contributed by atoms with E-state index in [4.69, 9.17) is 10.5 Å². The largest absolute Gasteiger partial charge is 0.378 e.